The molecular weight excluding hydrogens is 186 g/mol. The second-order valence-corrected chi connectivity index (χ2v) is 3.44. The normalized spacial score (nSPS) is 13.5. The highest BCUT2D eigenvalue weighted by atomic mass is 35.5. The summed E-state index contributed by atoms with van der Waals surface area (Å²) in [5.41, 5.74) is 7.72. The molecule has 0 fully saturated rings. The lowest BCUT2D eigenvalue weighted by atomic mass is 10.1. The van der Waals surface area contributed by atoms with E-state index in [-0.39, 0.29) is 6.04 Å². The first-order valence-electron chi connectivity index (χ1n) is 4.06. The molecule has 0 bridgehead atoms. The summed E-state index contributed by atoms with van der Waals surface area (Å²) < 4.78 is 1.88. The van der Waals surface area contributed by atoms with Crippen LogP contribution in [0.1, 0.15) is 18.5 Å². The van der Waals surface area contributed by atoms with Crippen LogP contribution in [0, 0.1) is 0 Å². The fraction of sp³-hybridized carbons (Fsp3) is 0.222. The summed E-state index contributed by atoms with van der Waals surface area (Å²) in [6.07, 6.45) is 3.63. The molecule has 2 heterocycles. The third kappa shape index (κ3) is 1.41. The van der Waals surface area contributed by atoms with Crippen LogP contribution in [-0.2, 0) is 0 Å². The number of aromatic nitrogens is 2. The van der Waals surface area contributed by atoms with Crippen molar-refractivity contribution in [2.75, 3.05) is 0 Å². The summed E-state index contributed by atoms with van der Waals surface area (Å²) in [6, 6.07) is 3.92. The van der Waals surface area contributed by atoms with Gasteiger partial charge in [0.1, 0.15) is 6.33 Å². The molecule has 1 atom stereocenters. The molecule has 0 radical (unpaired) electrons. The van der Waals surface area contributed by atoms with Gasteiger partial charge in [-0.1, -0.05) is 17.7 Å². The highest BCUT2D eigenvalue weighted by Crippen LogP contribution is 2.17. The molecule has 0 aromatic carbocycles. The average Bonchev–Trinajstić information content (AvgIpc) is 2.47. The lowest BCUT2D eigenvalue weighted by molar-refractivity contribution is 0.808. The molecule has 0 saturated carbocycles. The van der Waals surface area contributed by atoms with E-state index in [2.05, 4.69) is 4.98 Å². The highest BCUT2D eigenvalue weighted by molar-refractivity contribution is 6.32. The molecule has 2 aromatic heterocycles. The van der Waals surface area contributed by atoms with Crippen molar-refractivity contribution in [1.29, 1.82) is 0 Å². The van der Waals surface area contributed by atoms with E-state index in [9.17, 15) is 0 Å². The van der Waals surface area contributed by atoms with Gasteiger partial charge in [0.05, 0.1) is 5.52 Å². The average molecular weight is 196 g/mol. The van der Waals surface area contributed by atoms with E-state index < -0.39 is 0 Å². The summed E-state index contributed by atoms with van der Waals surface area (Å²) in [6.45, 7) is 1.94. The number of halogens is 1. The van der Waals surface area contributed by atoms with Crippen LogP contribution >= 0.6 is 11.6 Å². The van der Waals surface area contributed by atoms with Crippen molar-refractivity contribution >= 4 is 17.1 Å². The fourth-order valence-corrected chi connectivity index (χ4v) is 1.46. The van der Waals surface area contributed by atoms with Crippen LogP contribution in [0.15, 0.2) is 24.7 Å². The zero-order chi connectivity index (χ0) is 9.42. The number of fused-ring (bicyclic) bond motifs is 1. The second kappa shape index (κ2) is 3.01. The van der Waals surface area contributed by atoms with Crippen LogP contribution in [0.2, 0.25) is 5.15 Å². The molecule has 2 aromatic rings. The highest BCUT2D eigenvalue weighted by Gasteiger charge is 2.03. The Labute approximate surface area is 81.1 Å². The monoisotopic (exact) mass is 195 g/mol. The van der Waals surface area contributed by atoms with Crippen molar-refractivity contribution in [1.82, 2.24) is 9.38 Å². The minimum Gasteiger partial charge on any atom is -0.324 e. The smallest absolute Gasteiger partial charge is 0.154 e. The maximum absolute atomic E-state index is 5.84. The van der Waals surface area contributed by atoms with Gasteiger partial charge in [0.2, 0.25) is 0 Å². The Morgan fingerprint density at radius 1 is 1.54 bits per heavy atom. The quantitative estimate of drug-likeness (QED) is 0.757. The van der Waals surface area contributed by atoms with Crippen molar-refractivity contribution in [3.05, 3.63) is 35.4 Å². The first-order valence-corrected chi connectivity index (χ1v) is 4.44. The number of imidazole rings is 1. The van der Waals surface area contributed by atoms with E-state index in [0.29, 0.717) is 5.15 Å². The van der Waals surface area contributed by atoms with Gasteiger partial charge >= 0.3 is 0 Å². The van der Waals surface area contributed by atoms with Crippen molar-refractivity contribution in [2.45, 2.75) is 13.0 Å². The fourth-order valence-electron chi connectivity index (χ4n) is 1.25. The van der Waals surface area contributed by atoms with Gasteiger partial charge < -0.3 is 10.1 Å². The predicted molar refractivity (Wildman–Crippen MR) is 52.8 cm³/mol. The third-order valence-electron chi connectivity index (χ3n) is 2.03. The zero-order valence-electron chi connectivity index (χ0n) is 7.24. The van der Waals surface area contributed by atoms with Crippen LogP contribution in [0.5, 0.6) is 0 Å². The molecule has 68 valence electrons. The molecule has 13 heavy (non-hydrogen) atoms. The maximum Gasteiger partial charge on any atom is 0.154 e. The van der Waals surface area contributed by atoms with Gasteiger partial charge in [-0.2, -0.15) is 0 Å². The molecule has 1 unspecified atom stereocenters. The Balaban J connectivity index is 2.63. The maximum atomic E-state index is 5.84. The van der Waals surface area contributed by atoms with E-state index in [1.54, 1.807) is 6.33 Å². The Kier molecular flexibility index (Phi) is 1.98. The van der Waals surface area contributed by atoms with Crippen molar-refractivity contribution in [2.24, 2.45) is 5.73 Å². The predicted octanol–water partition coefficient (Wildman–Crippen LogP) is 2.01. The summed E-state index contributed by atoms with van der Waals surface area (Å²) >= 11 is 5.84. The Hall–Kier alpha value is -1.06. The van der Waals surface area contributed by atoms with Gasteiger partial charge in [-0.3, -0.25) is 0 Å². The van der Waals surface area contributed by atoms with Crippen molar-refractivity contribution in [3.8, 4) is 0 Å². The van der Waals surface area contributed by atoms with Gasteiger partial charge in [0.25, 0.3) is 0 Å². The number of hydrogen-bond acceptors (Lipinski definition) is 2. The van der Waals surface area contributed by atoms with E-state index in [1.807, 2.05) is 29.7 Å². The van der Waals surface area contributed by atoms with Crippen LogP contribution in [0.25, 0.3) is 5.52 Å². The van der Waals surface area contributed by atoms with Crippen LogP contribution in [0.4, 0.5) is 0 Å². The van der Waals surface area contributed by atoms with Gasteiger partial charge in [-0.15, -0.1) is 0 Å². The van der Waals surface area contributed by atoms with Crippen LogP contribution < -0.4 is 5.73 Å². The molecule has 3 nitrogen and oxygen atoms in total. The largest absolute Gasteiger partial charge is 0.324 e. The van der Waals surface area contributed by atoms with E-state index in [0.717, 1.165) is 11.1 Å². The molecule has 0 spiro atoms. The first kappa shape index (κ1) is 8.53. The molecule has 0 amide bonds. The topological polar surface area (TPSA) is 43.3 Å². The van der Waals surface area contributed by atoms with Crippen LogP contribution in [0.3, 0.4) is 0 Å². The van der Waals surface area contributed by atoms with Gasteiger partial charge in [0.15, 0.2) is 5.15 Å². The summed E-state index contributed by atoms with van der Waals surface area (Å²) in [5, 5.41) is 0.524. The molecule has 2 N–H and O–H groups in total. The Morgan fingerprint density at radius 2 is 2.31 bits per heavy atom. The molecular formula is C9H10ClN3. The number of rotatable bonds is 1. The molecule has 4 heteroatoms. The standard InChI is InChI=1S/C9H10ClN3/c1-6(11)7-2-3-8-9(10)12-5-13(8)4-7/h2-6H,11H2,1H3. The van der Waals surface area contributed by atoms with Crippen LogP contribution in [-0.4, -0.2) is 9.38 Å². The number of nitrogens with two attached hydrogens (primary N) is 1. The minimum absolute atomic E-state index is 0.0329. The third-order valence-corrected chi connectivity index (χ3v) is 2.32. The Morgan fingerprint density at radius 3 is 3.00 bits per heavy atom. The molecule has 0 aliphatic heterocycles. The minimum atomic E-state index is 0.0329. The lowest BCUT2D eigenvalue weighted by Crippen LogP contribution is -2.05. The zero-order valence-corrected chi connectivity index (χ0v) is 7.99. The molecule has 0 saturated heterocycles. The van der Waals surface area contributed by atoms with E-state index in [4.69, 9.17) is 17.3 Å². The van der Waals surface area contributed by atoms with Gasteiger partial charge in [-0.05, 0) is 18.6 Å². The van der Waals surface area contributed by atoms with E-state index >= 15 is 0 Å². The van der Waals surface area contributed by atoms with Gasteiger partial charge in [0, 0.05) is 12.2 Å². The first-order chi connectivity index (χ1) is 6.18. The van der Waals surface area contributed by atoms with E-state index in [1.165, 1.54) is 0 Å². The summed E-state index contributed by atoms with van der Waals surface area (Å²) in [7, 11) is 0. The summed E-state index contributed by atoms with van der Waals surface area (Å²) in [4.78, 5) is 3.98. The number of nitrogens with zero attached hydrogens (tertiary/aromatic N) is 2. The Bertz CT molecular complexity index is 433. The summed E-state index contributed by atoms with van der Waals surface area (Å²) in [5.74, 6) is 0. The second-order valence-electron chi connectivity index (χ2n) is 3.08. The number of pyridine rings is 1. The number of hydrogen-bond donors (Lipinski definition) is 1. The SMILES string of the molecule is CC(N)c1ccc2c(Cl)ncn2c1. The van der Waals surface area contributed by atoms with Crippen molar-refractivity contribution in [3.63, 3.8) is 0 Å². The molecule has 0 aliphatic carbocycles. The molecule has 2 rings (SSSR count). The van der Waals surface area contributed by atoms with Gasteiger partial charge in [-0.25, -0.2) is 4.98 Å². The lowest BCUT2D eigenvalue weighted by Gasteiger charge is -2.05. The molecule has 0 aliphatic rings. The van der Waals surface area contributed by atoms with Crippen molar-refractivity contribution < 1.29 is 0 Å².